The molecule has 1 aliphatic rings. The van der Waals surface area contributed by atoms with E-state index in [1.165, 1.54) is 44.2 Å². The molecule has 0 saturated carbocycles. The molecule has 0 bridgehead atoms. The molecular weight excluding hydrogens is 595 g/mol. The summed E-state index contributed by atoms with van der Waals surface area (Å²) in [6, 6.07) is 65.4. The minimum atomic E-state index is -0.457. The van der Waals surface area contributed by atoms with Crippen LogP contribution in [-0.4, -0.2) is 0 Å². The van der Waals surface area contributed by atoms with Gasteiger partial charge in [0.2, 0.25) is 0 Å². The third kappa shape index (κ3) is 4.07. The SMILES string of the molecule is c1ccc(-c2cc3ccccc3c3c2oc2c(Nc4ccc5c(c4)C(c4ccccc4)(c4ccccc4)c4ccccc4-5)cccc23)cc1. The second-order valence-electron chi connectivity index (χ2n) is 12.9. The van der Waals surface area contributed by atoms with Crippen molar-refractivity contribution in [2.75, 3.05) is 5.32 Å². The average Bonchev–Trinajstić information content (AvgIpc) is 3.71. The van der Waals surface area contributed by atoms with Gasteiger partial charge in [0.25, 0.3) is 0 Å². The Bertz CT molecular complexity index is 2630. The van der Waals surface area contributed by atoms with Crippen molar-refractivity contribution in [3.8, 4) is 22.3 Å². The fourth-order valence-corrected chi connectivity index (χ4v) is 8.26. The van der Waals surface area contributed by atoms with Crippen molar-refractivity contribution in [1.82, 2.24) is 0 Å². The molecule has 1 heterocycles. The maximum atomic E-state index is 6.91. The quantitative estimate of drug-likeness (QED) is 0.206. The molecule has 2 heteroatoms. The van der Waals surface area contributed by atoms with Gasteiger partial charge in [-0.25, -0.2) is 0 Å². The van der Waals surface area contributed by atoms with E-state index in [1.807, 2.05) is 0 Å². The van der Waals surface area contributed by atoms with E-state index >= 15 is 0 Å². The predicted molar refractivity (Wildman–Crippen MR) is 204 cm³/mol. The average molecular weight is 626 g/mol. The van der Waals surface area contributed by atoms with Gasteiger partial charge >= 0.3 is 0 Å². The normalized spacial score (nSPS) is 13.1. The van der Waals surface area contributed by atoms with Crippen LogP contribution in [0.3, 0.4) is 0 Å². The van der Waals surface area contributed by atoms with Crippen molar-refractivity contribution in [1.29, 1.82) is 0 Å². The Balaban J connectivity index is 1.19. The van der Waals surface area contributed by atoms with Crippen LogP contribution in [0.25, 0.3) is 55.0 Å². The smallest absolute Gasteiger partial charge is 0.158 e. The van der Waals surface area contributed by atoms with Gasteiger partial charge in [0, 0.05) is 22.0 Å². The molecule has 0 radical (unpaired) electrons. The molecule has 1 N–H and O–H groups in total. The number of hydrogen-bond donors (Lipinski definition) is 1. The van der Waals surface area contributed by atoms with Crippen molar-refractivity contribution < 1.29 is 4.42 Å². The van der Waals surface area contributed by atoms with E-state index < -0.39 is 5.41 Å². The van der Waals surface area contributed by atoms with Crippen LogP contribution in [0, 0.1) is 0 Å². The van der Waals surface area contributed by atoms with Crippen LogP contribution in [-0.2, 0) is 5.41 Å². The Labute approximate surface area is 284 Å². The molecule has 1 aromatic heterocycles. The van der Waals surface area contributed by atoms with E-state index in [-0.39, 0.29) is 0 Å². The second-order valence-corrected chi connectivity index (χ2v) is 12.9. The summed E-state index contributed by atoms with van der Waals surface area (Å²) in [6.45, 7) is 0. The van der Waals surface area contributed by atoms with Gasteiger partial charge in [-0.15, -0.1) is 0 Å². The topological polar surface area (TPSA) is 25.2 Å². The second kappa shape index (κ2) is 10.8. The first-order valence-electron chi connectivity index (χ1n) is 16.9. The first-order chi connectivity index (χ1) is 24.3. The third-order valence-electron chi connectivity index (χ3n) is 10.3. The molecule has 0 aliphatic heterocycles. The lowest BCUT2D eigenvalue weighted by Crippen LogP contribution is -2.28. The van der Waals surface area contributed by atoms with Crippen LogP contribution < -0.4 is 5.32 Å². The first-order valence-corrected chi connectivity index (χ1v) is 16.9. The van der Waals surface area contributed by atoms with E-state index in [0.717, 1.165) is 44.4 Å². The number of nitrogens with one attached hydrogen (secondary N) is 1. The summed E-state index contributed by atoms with van der Waals surface area (Å²) in [5.41, 5.74) is 13.1. The maximum absolute atomic E-state index is 6.91. The van der Waals surface area contributed by atoms with Crippen LogP contribution in [0.1, 0.15) is 22.3 Å². The Morgan fingerprint density at radius 3 is 1.84 bits per heavy atom. The molecule has 49 heavy (non-hydrogen) atoms. The van der Waals surface area contributed by atoms with Gasteiger partial charge in [0.1, 0.15) is 5.58 Å². The zero-order valence-corrected chi connectivity index (χ0v) is 26.7. The zero-order valence-electron chi connectivity index (χ0n) is 26.7. The van der Waals surface area contributed by atoms with Gasteiger partial charge in [0.15, 0.2) is 5.58 Å². The minimum Gasteiger partial charge on any atom is -0.453 e. The molecule has 0 atom stereocenters. The van der Waals surface area contributed by atoms with Gasteiger partial charge in [-0.2, -0.15) is 0 Å². The Kier molecular flexibility index (Phi) is 6.13. The van der Waals surface area contributed by atoms with Crippen LogP contribution >= 0.6 is 0 Å². The van der Waals surface area contributed by atoms with Crippen LogP contribution in [0.15, 0.2) is 186 Å². The standard InChI is InChI=1S/C47H31NO/c1-4-15-31(16-5-1)40-29-32-17-10-11-22-36(32)44-39-24-14-26-43(45(39)49-46(40)44)48-35-27-28-38-37-23-12-13-25-41(37)47(42(38)30-35,33-18-6-2-7-19-33)34-20-8-3-9-21-34/h1-30,48H. The van der Waals surface area contributed by atoms with Crippen molar-refractivity contribution >= 4 is 44.1 Å². The van der Waals surface area contributed by atoms with E-state index in [9.17, 15) is 0 Å². The monoisotopic (exact) mass is 625 g/mol. The molecular formula is C47H31NO. The lowest BCUT2D eigenvalue weighted by molar-refractivity contribution is 0.671. The van der Waals surface area contributed by atoms with Crippen LogP contribution in [0.2, 0.25) is 0 Å². The third-order valence-corrected chi connectivity index (χ3v) is 10.3. The number of rotatable bonds is 5. The highest BCUT2D eigenvalue weighted by atomic mass is 16.3. The van der Waals surface area contributed by atoms with Gasteiger partial charge in [-0.1, -0.05) is 158 Å². The number of anilines is 2. The minimum absolute atomic E-state index is 0.457. The molecule has 10 rings (SSSR count). The number of para-hydroxylation sites is 1. The Morgan fingerprint density at radius 1 is 0.429 bits per heavy atom. The van der Waals surface area contributed by atoms with Crippen molar-refractivity contribution in [2.24, 2.45) is 0 Å². The Morgan fingerprint density at radius 2 is 1.06 bits per heavy atom. The molecule has 8 aromatic carbocycles. The lowest BCUT2D eigenvalue weighted by atomic mass is 9.67. The molecule has 0 saturated heterocycles. The first kappa shape index (κ1) is 27.7. The molecule has 2 nitrogen and oxygen atoms in total. The molecule has 0 amide bonds. The summed E-state index contributed by atoms with van der Waals surface area (Å²) in [5, 5.41) is 8.46. The van der Waals surface area contributed by atoms with E-state index in [2.05, 4.69) is 187 Å². The maximum Gasteiger partial charge on any atom is 0.158 e. The van der Waals surface area contributed by atoms with E-state index in [1.54, 1.807) is 0 Å². The van der Waals surface area contributed by atoms with Gasteiger partial charge < -0.3 is 9.73 Å². The fourth-order valence-electron chi connectivity index (χ4n) is 8.26. The lowest BCUT2D eigenvalue weighted by Gasteiger charge is -2.34. The van der Waals surface area contributed by atoms with Crippen molar-refractivity contribution in [3.05, 3.63) is 204 Å². The molecule has 0 fully saturated rings. The number of hydrogen-bond acceptors (Lipinski definition) is 2. The summed E-state index contributed by atoms with van der Waals surface area (Å²) in [5.74, 6) is 0. The van der Waals surface area contributed by atoms with Gasteiger partial charge in [-0.05, 0) is 74.0 Å². The summed E-state index contributed by atoms with van der Waals surface area (Å²) < 4.78 is 6.91. The predicted octanol–water partition coefficient (Wildman–Crippen LogP) is 12.5. The molecule has 0 spiro atoms. The zero-order chi connectivity index (χ0) is 32.4. The van der Waals surface area contributed by atoms with Crippen molar-refractivity contribution in [3.63, 3.8) is 0 Å². The fraction of sp³-hybridized carbons (Fsp3) is 0.0213. The molecule has 230 valence electrons. The van der Waals surface area contributed by atoms with Crippen LogP contribution in [0.5, 0.6) is 0 Å². The molecule has 0 unspecified atom stereocenters. The van der Waals surface area contributed by atoms with Gasteiger partial charge in [0.05, 0.1) is 11.1 Å². The number of benzene rings is 8. The molecule has 1 aliphatic carbocycles. The highest BCUT2D eigenvalue weighted by Gasteiger charge is 2.46. The highest BCUT2D eigenvalue weighted by Crippen LogP contribution is 2.56. The number of fused-ring (bicyclic) bond motifs is 8. The van der Waals surface area contributed by atoms with E-state index in [0.29, 0.717) is 0 Å². The summed E-state index contributed by atoms with van der Waals surface area (Å²) in [6.07, 6.45) is 0. The highest BCUT2D eigenvalue weighted by molar-refractivity contribution is 6.24. The summed E-state index contributed by atoms with van der Waals surface area (Å²) in [4.78, 5) is 0. The Hall–Kier alpha value is -6.38. The van der Waals surface area contributed by atoms with E-state index in [4.69, 9.17) is 4.42 Å². The molecule has 9 aromatic rings. The largest absolute Gasteiger partial charge is 0.453 e. The van der Waals surface area contributed by atoms with Gasteiger partial charge in [-0.3, -0.25) is 0 Å². The summed E-state index contributed by atoms with van der Waals surface area (Å²) >= 11 is 0. The number of furan rings is 1. The van der Waals surface area contributed by atoms with Crippen LogP contribution in [0.4, 0.5) is 11.4 Å². The van der Waals surface area contributed by atoms with Crippen molar-refractivity contribution in [2.45, 2.75) is 5.41 Å². The summed E-state index contributed by atoms with van der Waals surface area (Å²) in [7, 11) is 0.